The molecule has 0 amide bonds. The fourth-order valence-corrected chi connectivity index (χ4v) is 5.86. The minimum absolute atomic E-state index is 0.135. The van der Waals surface area contributed by atoms with Crippen LogP contribution < -0.4 is 9.47 Å². The number of hydrogen-bond donors (Lipinski definition) is 0. The van der Waals surface area contributed by atoms with Crippen molar-refractivity contribution in [1.29, 1.82) is 0 Å². The van der Waals surface area contributed by atoms with Gasteiger partial charge in [-0.3, -0.25) is 0 Å². The molecule has 2 aliphatic rings. The molecule has 0 N–H and O–H groups in total. The van der Waals surface area contributed by atoms with Crippen LogP contribution in [0, 0.1) is 0 Å². The second kappa shape index (κ2) is 12.2. The van der Waals surface area contributed by atoms with E-state index in [1.165, 1.54) is 0 Å². The Hall–Kier alpha value is -5.62. The number of esters is 2. The van der Waals surface area contributed by atoms with Crippen molar-refractivity contribution in [2.45, 2.75) is 18.6 Å². The third kappa shape index (κ3) is 5.70. The molecule has 45 heavy (non-hydrogen) atoms. The first kappa shape index (κ1) is 28.2. The fraction of sp³-hybridized carbons (Fsp3) is 0.128. The largest absolute Gasteiger partial charge is 0.489 e. The number of rotatable bonds is 5. The SMILES string of the molecule is C=CC(=O)OC1C=CC(c2ccc(C(=O)OC3COc4ccc5ccccc5c4-c4c(ccc5ccccc45)OC3)cc2)=CC1. The van der Waals surface area contributed by atoms with Gasteiger partial charge in [-0.15, -0.1) is 0 Å². The van der Waals surface area contributed by atoms with E-state index < -0.39 is 18.0 Å². The van der Waals surface area contributed by atoms with Gasteiger partial charge in [-0.05, 0) is 63.0 Å². The van der Waals surface area contributed by atoms with Gasteiger partial charge in [-0.1, -0.05) is 91.5 Å². The van der Waals surface area contributed by atoms with E-state index in [4.69, 9.17) is 18.9 Å². The van der Waals surface area contributed by atoms with Gasteiger partial charge in [0, 0.05) is 23.6 Å². The first-order valence-electron chi connectivity index (χ1n) is 14.9. The Morgan fingerprint density at radius 3 is 1.89 bits per heavy atom. The summed E-state index contributed by atoms with van der Waals surface area (Å²) in [5.74, 6) is 0.505. The van der Waals surface area contributed by atoms with Crippen LogP contribution in [0.3, 0.4) is 0 Å². The minimum atomic E-state index is -0.645. The zero-order valence-corrected chi connectivity index (χ0v) is 24.5. The highest BCUT2D eigenvalue weighted by Gasteiger charge is 2.25. The molecule has 5 aromatic carbocycles. The fourth-order valence-electron chi connectivity index (χ4n) is 5.86. The highest BCUT2D eigenvalue weighted by atomic mass is 16.6. The zero-order valence-electron chi connectivity index (χ0n) is 24.5. The highest BCUT2D eigenvalue weighted by Crippen LogP contribution is 2.46. The summed E-state index contributed by atoms with van der Waals surface area (Å²) in [5, 5.41) is 4.31. The Morgan fingerprint density at radius 2 is 1.33 bits per heavy atom. The lowest BCUT2D eigenvalue weighted by Crippen LogP contribution is -2.31. The predicted molar refractivity (Wildman–Crippen MR) is 175 cm³/mol. The van der Waals surface area contributed by atoms with Crippen LogP contribution in [-0.2, 0) is 14.3 Å². The quantitative estimate of drug-likeness (QED) is 0.151. The van der Waals surface area contributed by atoms with Gasteiger partial charge in [0.1, 0.15) is 30.8 Å². The molecule has 0 saturated carbocycles. The average molecular weight is 595 g/mol. The Labute approximate surface area is 260 Å². The molecule has 0 spiro atoms. The smallest absolute Gasteiger partial charge is 0.338 e. The molecule has 1 heterocycles. The van der Waals surface area contributed by atoms with E-state index in [-0.39, 0.29) is 19.3 Å². The maximum absolute atomic E-state index is 13.3. The van der Waals surface area contributed by atoms with Crippen molar-refractivity contribution in [3.63, 3.8) is 0 Å². The van der Waals surface area contributed by atoms with E-state index in [0.717, 1.165) is 49.9 Å². The summed E-state index contributed by atoms with van der Waals surface area (Å²) in [4.78, 5) is 24.8. The first-order chi connectivity index (χ1) is 22.1. The van der Waals surface area contributed by atoms with Gasteiger partial charge in [0.25, 0.3) is 0 Å². The van der Waals surface area contributed by atoms with E-state index in [0.29, 0.717) is 23.5 Å². The third-order valence-electron chi connectivity index (χ3n) is 8.10. The normalized spacial score (nSPS) is 16.1. The van der Waals surface area contributed by atoms with E-state index >= 15 is 0 Å². The molecule has 5 aromatic rings. The summed E-state index contributed by atoms with van der Waals surface area (Å²) in [6.45, 7) is 3.70. The lowest BCUT2D eigenvalue weighted by atomic mass is 9.92. The number of benzene rings is 5. The highest BCUT2D eigenvalue weighted by molar-refractivity contribution is 6.09. The van der Waals surface area contributed by atoms with Crippen LogP contribution in [0.5, 0.6) is 11.5 Å². The minimum Gasteiger partial charge on any atom is -0.489 e. The summed E-state index contributed by atoms with van der Waals surface area (Å²) in [5.41, 5.74) is 4.27. The lowest BCUT2D eigenvalue weighted by molar-refractivity contribution is -0.140. The molecule has 0 saturated heterocycles. The Morgan fingerprint density at radius 1 is 0.733 bits per heavy atom. The van der Waals surface area contributed by atoms with Gasteiger partial charge in [0.2, 0.25) is 0 Å². The average Bonchev–Trinajstić information content (AvgIpc) is 3.16. The molecule has 222 valence electrons. The molecule has 0 aromatic heterocycles. The van der Waals surface area contributed by atoms with Crippen molar-refractivity contribution in [3.05, 3.63) is 139 Å². The Bertz CT molecular complexity index is 1910. The van der Waals surface area contributed by atoms with Crippen molar-refractivity contribution < 1.29 is 28.5 Å². The van der Waals surface area contributed by atoms with Gasteiger partial charge >= 0.3 is 11.9 Å². The molecule has 7 rings (SSSR count). The van der Waals surface area contributed by atoms with Crippen LogP contribution >= 0.6 is 0 Å². The number of carbonyl (C=O) groups is 2. The summed E-state index contributed by atoms with van der Waals surface area (Å²) >= 11 is 0. The summed E-state index contributed by atoms with van der Waals surface area (Å²) < 4.78 is 24.0. The number of allylic oxidation sites excluding steroid dienone is 2. The molecule has 6 heteroatoms. The van der Waals surface area contributed by atoms with E-state index in [1.54, 1.807) is 12.1 Å². The van der Waals surface area contributed by atoms with Crippen molar-refractivity contribution in [2.24, 2.45) is 0 Å². The van der Waals surface area contributed by atoms with E-state index in [1.807, 2.05) is 78.9 Å². The second-order valence-electron chi connectivity index (χ2n) is 11.0. The van der Waals surface area contributed by atoms with Gasteiger partial charge in [-0.2, -0.15) is 0 Å². The van der Waals surface area contributed by atoms with Gasteiger partial charge < -0.3 is 18.9 Å². The Kier molecular flexibility index (Phi) is 7.62. The summed E-state index contributed by atoms with van der Waals surface area (Å²) in [6, 6.07) is 31.7. The maximum atomic E-state index is 13.3. The molecule has 6 nitrogen and oxygen atoms in total. The van der Waals surface area contributed by atoms with Crippen LogP contribution in [0.1, 0.15) is 22.3 Å². The van der Waals surface area contributed by atoms with Gasteiger partial charge in [0.15, 0.2) is 6.10 Å². The van der Waals surface area contributed by atoms with Crippen molar-refractivity contribution >= 4 is 39.1 Å². The van der Waals surface area contributed by atoms with Crippen LogP contribution in [0.15, 0.2) is 128 Å². The molecule has 1 unspecified atom stereocenters. The van der Waals surface area contributed by atoms with E-state index in [2.05, 4.69) is 30.8 Å². The molecule has 1 atom stereocenters. The monoisotopic (exact) mass is 594 g/mol. The molecule has 0 radical (unpaired) electrons. The van der Waals surface area contributed by atoms with Gasteiger partial charge in [-0.25, -0.2) is 9.59 Å². The molecular formula is C39H30O6. The summed E-state index contributed by atoms with van der Waals surface area (Å²) in [7, 11) is 0. The molecular weight excluding hydrogens is 564 g/mol. The molecule has 1 aliphatic carbocycles. The predicted octanol–water partition coefficient (Wildman–Crippen LogP) is 8.10. The van der Waals surface area contributed by atoms with Crippen molar-refractivity contribution in [1.82, 2.24) is 0 Å². The lowest BCUT2D eigenvalue weighted by Gasteiger charge is -2.19. The number of ether oxygens (including phenoxy) is 4. The van der Waals surface area contributed by atoms with Crippen LogP contribution in [-0.4, -0.2) is 37.4 Å². The third-order valence-corrected chi connectivity index (χ3v) is 8.10. The number of hydrogen-bond acceptors (Lipinski definition) is 6. The van der Waals surface area contributed by atoms with Crippen LogP contribution in [0.4, 0.5) is 0 Å². The zero-order chi connectivity index (χ0) is 30.8. The van der Waals surface area contributed by atoms with Crippen molar-refractivity contribution in [2.75, 3.05) is 13.2 Å². The number of carbonyl (C=O) groups excluding carboxylic acids is 2. The topological polar surface area (TPSA) is 71.1 Å². The molecule has 1 aliphatic heterocycles. The standard InChI is InChI=1S/C39H30O6/c1-2-36(40)44-30-19-15-26(16-20-30)25-11-13-29(14-12-25)39(41)45-31-23-42-34-21-17-27-7-3-5-9-32(27)37(34)38-33-10-6-4-8-28(33)18-22-35(38)43-24-31/h2-19,21-22,30-31H,1,20,23-24H2. The number of fused-ring (bicyclic) bond motifs is 7. The van der Waals surface area contributed by atoms with Crippen LogP contribution in [0.2, 0.25) is 0 Å². The van der Waals surface area contributed by atoms with Gasteiger partial charge in [0.05, 0.1) is 5.56 Å². The first-order valence-corrected chi connectivity index (χ1v) is 14.9. The Balaban J connectivity index is 1.12. The second-order valence-corrected chi connectivity index (χ2v) is 11.0. The van der Waals surface area contributed by atoms with Crippen LogP contribution in [0.25, 0.3) is 38.2 Å². The summed E-state index contributed by atoms with van der Waals surface area (Å²) in [6.07, 6.45) is 6.51. The van der Waals surface area contributed by atoms with E-state index in [9.17, 15) is 9.59 Å². The molecule has 0 bridgehead atoms. The molecule has 0 fully saturated rings. The maximum Gasteiger partial charge on any atom is 0.338 e. The van der Waals surface area contributed by atoms with Crippen molar-refractivity contribution in [3.8, 4) is 22.6 Å².